The van der Waals surface area contributed by atoms with E-state index in [4.69, 9.17) is 16.6 Å². The van der Waals surface area contributed by atoms with Crippen molar-refractivity contribution in [3.63, 3.8) is 0 Å². The zero-order chi connectivity index (χ0) is 19.5. The lowest BCUT2D eigenvalue weighted by molar-refractivity contribution is -0.124. The minimum atomic E-state index is -0.00391. The third kappa shape index (κ3) is 4.10. The molecule has 1 saturated carbocycles. The number of carbonyl (C=O) groups excluding carboxylic acids is 1. The number of amides is 1. The highest BCUT2D eigenvalue weighted by atomic mass is 35.5. The molecule has 2 fully saturated rings. The Kier molecular flexibility index (Phi) is 5.74. The maximum absolute atomic E-state index is 13.2. The molecule has 6 heteroatoms. The van der Waals surface area contributed by atoms with Crippen LogP contribution in [0.3, 0.4) is 0 Å². The molecule has 1 aliphatic carbocycles. The fourth-order valence-electron chi connectivity index (χ4n) is 3.60. The largest absolute Gasteiger partial charge is 0.506 e. The maximum atomic E-state index is 13.2. The number of phenols is 1. The molecular weight excluding hydrogens is 392 g/mol. The number of hydrogen-bond donors (Lipinski definition) is 1. The molecule has 0 radical (unpaired) electrons. The standard InChI is InChI=1S/C22H21ClN2O2S/c23-18-13-15(11-12-19(18)26)14-20-21(27)25(17-9-5-2-6-10-17)22(28-20)24-16-7-3-1-4-8-16/h1,3-4,7-8,11-14,17,26H,2,5-6,9-10H2/b20-14-,24-22?. The van der Waals surface area contributed by atoms with Gasteiger partial charge in [0.15, 0.2) is 5.17 Å². The summed E-state index contributed by atoms with van der Waals surface area (Å²) in [6.45, 7) is 0. The van der Waals surface area contributed by atoms with Gasteiger partial charge >= 0.3 is 0 Å². The van der Waals surface area contributed by atoms with E-state index >= 15 is 0 Å². The van der Waals surface area contributed by atoms with Gasteiger partial charge in [0.25, 0.3) is 5.91 Å². The van der Waals surface area contributed by atoms with Crippen molar-refractivity contribution < 1.29 is 9.90 Å². The average molecular weight is 413 g/mol. The molecule has 0 atom stereocenters. The molecule has 1 aliphatic heterocycles. The Labute approximate surface area is 173 Å². The van der Waals surface area contributed by atoms with E-state index in [1.807, 2.05) is 41.3 Å². The predicted molar refractivity (Wildman–Crippen MR) is 116 cm³/mol. The normalized spacial score (nSPS) is 21.0. The molecule has 1 saturated heterocycles. The number of carbonyl (C=O) groups is 1. The highest BCUT2D eigenvalue weighted by Gasteiger charge is 2.38. The van der Waals surface area contributed by atoms with Crippen molar-refractivity contribution in [2.45, 2.75) is 38.1 Å². The molecule has 144 valence electrons. The molecule has 0 unspecified atom stereocenters. The smallest absolute Gasteiger partial charge is 0.267 e. The van der Waals surface area contributed by atoms with E-state index < -0.39 is 0 Å². The van der Waals surface area contributed by atoms with Crippen LogP contribution in [0.15, 0.2) is 58.4 Å². The Hall–Kier alpha value is -2.24. The molecule has 1 N–H and O–H groups in total. The number of aliphatic imine (C=N–C) groups is 1. The summed E-state index contributed by atoms with van der Waals surface area (Å²) in [5, 5.41) is 10.6. The quantitative estimate of drug-likeness (QED) is 0.630. The summed E-state index contributed by atoms with van der Waals surface area (Å²) in [7, 11) is 0. The third-order valence-electron chi connectivity index (χ3n) is 5.03. The minimum Gasteiger partial charge on any atom is -0.506 e. The number of phenolic OH excluding ortho intramolecular Hbond substituents is 1. The number of para-hydroxylation sites is 1. The zero-order valence-electron chi connectivity index (χ0n) is 15.3. The van der Waals surface area contributed by atoms with Gasteiger partial charge in [-0.2, -0.15) is 0 Å². The Morgan fingerprint density at radius 3 is 2.57 bits per heavy atom. The monoisotopic (exact) mass is 412 g/mol. The first-order chi connectivity index (χ1) is 13.6. The van der Waals surface area contributed by atoms with Crippen molar-refractivity contribution in [2.75, 3.05) is 0 Å². The van der Waals surface area contributed by atoms with Crippen molar-refractivity contribution in [1.82, 2.24) is 4.90 Å². The van der Waals surface area contributed by atoms with Crippen LogP contribution >= 0.6 is 23.4 Å². The van der Waals surface area contributed by atoms with Crippen LogP contribution in [0.1, 0.15) is 37.7 Å². The molecule has 4 rings (SSSR count). The van der Waals surface area contributed by atoms with E-state index in [2.05, 4.69) is 0 Å². The van der Waals surface area contributed by atoms with Gasteiger partial charge in [-0.25, -0.2) is 4.99 Å². The van der Waals surface area contributed by atoms with Crippen molar-refractivity contribution in [3.05, 3.63) is 64.0 Å². The third-order valence-corrected chi connectivity index (χ3v) is 6.31. The lowest BCUT2D eigenvalue weighted by Crippen LogP contribution is -2.40. The summed E-state index contributed by atoms with van der Waals surface area (Å²) in [4.78, 5) is 20.5. The highest BCUT2D eigenvalue weighted by molar-refractivity contribution is 8.18. The van der Waals surface area contributed by atoms with Crippen LogP contribution in [0, 0.1) is 0 Å². The fourth-order valence-corrected chi connectivity index (χ4v) is 4.85. The number of thioether (sulfide) groups is 1. The summed E-state index contributed by atoms with van der Waals surface area (Å²) in [6, 6.07) is 14.9. The molecule has 0 aromatic heterocycles. The summed E-state index contributed by atoms with van der Waals surface area (Å²) >= 11 is 7.42. The number of halogens is 1. The SMILES string of the molecule is O=C1/C(=C/c2ccc(O)c(Cl)c2)SC(=Nc2ccccc2)N1C1CCCCC1. The van der Waals surface area contributed by atoms with E-state index in [0.717, 1.165) is 42.1 Å². The van der Waals surface area contributed by atoms with Gasteiger partial charge < -0.3 is 5.11 Å². The highest BCUT2D eigenvalue weighted by Crippen LogP contribution is 2.39. The second-order valence-electron chi connectivity index (χ2n) is 7.02. The van der Waals surface area contributed by atoms with Crippen molar-refractivity contribution in [1.29, 1.82) is 0 Å². The second kappa shape index (κ2) is 8.41. The van der Waals surface area contributed by atoms with Gasteiger partial charge in [-0.05, 0) is 60.5 Å². The first-order valence-corrected chi connectivity index (χ1v) is 10.7. The Morgan fingerprint density at radius 2 is 1.86 bits per heavy atom. The van der Waals surface area contributed by atoms with E-state index in [0.29, 0.717) is 4.91 Å². The molecule has 0 bridgehead atoms. The van der Waals surface area contributed by atoms with Crippen LogP contribution in [0.4, 0.5) is 5.69 Å². The number of aromatic hydroxyl groups is 1. The van der Waals surface area contributed by atoms with E-state index in [9.17, 15) is 9.90 Å². The number of benzene rings is 2. The van der Waals surface area contributed by atoms with Crippen LogP contribution in [0.5, 0.6) is 5.75 Å². The molecule has 28 heavy (non-hydrogen) atoms. The molecule has 1 amide bonds. The lowest BCUT2D eigenvalue weighted by Gasteiger charge is -2.30. The van der Waals surface area contributed by atoms with Crippen molar-refractivity contribution in [2.24, 2.45) is 4.99 Å². The van der Waals surface area contributed by atoms with Gasteiger partial charge in [0.1, 0.15) is 5.75 Å². The summed E-state index contributed by atoms with van der Waals surface area (Å²) in [6.07, 6.45) is 7.36. The van der Waals surface area contributed by atoms with Crippen LogP contribution < -0.4 is 0 Å². The lowest BCUT2D eigenvalue weighted by atomic mass is 9.94. The van der Waals surface area contributed by atoms with Crippen LogP contribution in [0.25, 0.3) is 6.08 Å². The summed E-state index contributed by atoms with van der Waals surface area (Å²) < 4.78 is 0. The second-order valence-corrected chi connectivity index (χ2v) is 8.43. The van der Waals surface area contributed by atoms with Crippen LogP contribution in [-0.2, 0) is 4.79 Å². The Bertz CT molecular complexity index is 937. The number of nitrogens with zero attached hydrogens (tertiary/aromatic N) is 2. The van der Waals surface area contributed by atoms with Crippen molar-refractivity contribution >= 4 is 46.2 Å². The molecular formula is C22H21ClN2O2S. The molecule has 2 aliphatic rings. The molecule has 0 spiro atoms. The first kappa shape index (κ1) is 19.1. The number of amidine groups is 1. The average Bonchev–Trinajstić information content (AvgIpc) is 3.01. The fraction of sp³-hybridized carbons (Fsp3) is 0.273. The van der Waals surface area contributed by atoms with Crippen LogP contribution in [-0.4, -0.2) is 27.1 Å². The Balaban J connectivity index is 1.69. The van der Waals surface area contributed by atoms with E-state index in [1.165, 1.54) is 24.2 Å². The van der Waals surface area contributed by atoms with Gasteiger partial charge in [0.05, 0.1) is 15.6 Å². The summed E-state index contributed by atoms with van der Waals surface area (Å²) in [5.74, 6) is 0.0279. The van der Waals surface area contributed by atoms with Crippen molar-refractivity contribution in [3.8, 4) is 5.75 Å². The number of rotatable bonds is 3. The molecule has 1 heterocycles. The first-order valence-electron chi connectivity index (χ1n) is 9.47. The summed E-state index contributed by atoms with van der Waals surface area (Å²) in [5.41, 5.74) is 1.62. The van der Waals surface area contributed by atoms with Crippen LogP contribution in [0.2, 0.25) is 5.02 Å². The van der Waals surface area contributed by atoms with E-state index in [-0.39, 0.29) is 22.7 Å². The predicted octanol–water partition coefficient (Wildman–Crippen LogP) is 5.98. The van der Waals surface area contributed by atoms with Gasteiger partial charge in [0, 0.05) is 6.04 Å². The zero-order valence-corrected chi connectivity index (χ0v) is 16.9. The van der Waals surface area contributed by atoms with Gasteiger partial charge in [-0.1, -0.05) is 55.1 Å². The molecule has 2 aromatic carbocycles. The topological polar surface area (TPSA) is 52.9 Å². The number of hydrogen-bond acceptors (Lipinski definition) is 4. The maximum Gasteiger partial charge on any atom is 0.267 e. The van der Waals surface area contributed by atoms with E-state index in [1.54, 1.807) is 12.1 Å². The van der Waals surface area contributed by atoms with Gasteiger partial charge in [-0.15, -0.1) is 0 Å². The Morgan fingerprint density at radius 1 is 1.11 bits per heavy atom. The van der Waals surface area contributed by atoms with Gasteiger partial charge in [0.2, 0.25) is 0 Å². The van der Waals surface area contributed by atoms with Gasteiger partial charge in [-0.3, -0.25) is 9.69 Å². The molecule has 2 aromatic rings. The molecule has 4 nitrogen and oxygen atoms in total. The minimum absolute atomic E-state index is 0.00391.